The second-order valence-electron chi connectivity index (χ2n) is 6.21. The number of rotatable bonds is 3. The fourth-order valence-corrected chi connectivity index (χ4v) is 4.23. The van der Waals surface area contributed by atoms with Gasteiger partial charge in [-0.05, 0) is 31.0 Å². The first-order chi connectivity index (χ1) is 12.0. The van der Waals surface area contributed by atoms with E-state index in [0.29, 0.717) is 36.9 Å². The van der Waals surface area contributed by atoms with Gasteiger partial charge in [-0.1, -0.05) is 18.5 Å². The summed E-state index contributed by atoms with van der Waals surface area (Å²) < 4.78 is 1.75. The lowest BCUT2D eigenvalue weighted by Gasteiger charge is -2.22. The summed E-state index contributed by atoms with van der Waals surface area (Å²) in [5.74, 6) is 0.0361. The molecule has 7 heteroatoms. The molecule has 5 nitrogen and oxygen atoms in total. The zero-order valence-corrected chi connectivity index (χ0v) is 16.1. The first-order valence-corrected chi connectivity index (χ1v) is 9.68. The van der Waals surface area contributed by atoms with Gasteiger partial charge in [0.15, 0.2) is 0 Å². The van der Waals surface area contributed by atoms with E-state index >= 15 is 0 Å². The Labute approximate surface area is 156 Å². The number of nitrogens with zero attached hydrogens (tertiary/aromatic N) is 3. The Morgan fingerprint density at radius 1 is 1.12 bits per heavy atom. The number of halogens is 1. The van der Waals surface area contributed by atoms with E-state index in [1.165, 1.54) is 4.88 Å². The summed E-state index contributed by atoms with van der Waals surface area (Å²) in [6.45, 7) is 4.51. The normalized spacial score (nSPS) is 15.3. The molecular formula is C18H22ClN3O2S. The van der Waals surface area contributed by atoms with Gasteiger partial charge in [0.2, 0.25) is 0 Å². The van der Waals surface area contributed by atoms with Crippen molar-refractivity contribution in [2.75, 3.05) is 26.2 Å². The first-order valence-electron chi connectivity index (χ1n) is 8.48. The first kappa shape index (κ1) is 18.0. The Hall–Kier alpha value is -1.79. The lowest BCUT2D eigenvalue weighted by Crippen LogP contribution is -2.37. The highest BCUT2D eigenvalue weighted by Gasteiger charge is 2.25. The van der Waals surface area contributed by atoms with E-state index in [2.05, 4.69) is 6.92 Å². The van der Waals surface area contributed by atoms with Crippen LogP contribution in [0.5, 0.6) is 0 Å². The third-order valence-corrected chi connectivity index (χ3v) is 5.91. The van der Waals surface area contributed by atoms with Gasteiger partial charge in [-0.3, -0.25) is 9.59 Å². The predicted molar refractivity (Wildman–Crippen MR) is 101 cm³/mol. The second kappa shape index (κ2) is 7.62. The van der Waals surface area contributed by atoms with E-state index in [1.54, 1.807) is 28.2 Å². The SMILES string of the molecule is CCc1ccc(C(=O)N2CCCN(C(=O)c3cc(Cl)cn3C)CC2)s1. The Bertz CT molecular complexity index is 783. The lowest BCUT2D eigenvalue weighted by atomic mass is 10.3. The van der Waals surface area contributed by atoms with Crippen molar-refractivity contribution in [1.29, 1.82) is 0 Å². The van der Waals surface area contributed by atoms with Crippen LogP contribution in [-0.2, 0) is 13.5 Å². The van der Waals surface area contributed by atoms with Gasteiger partial charge in [-0.15, -0.1) is 11.3 Å². The summed E-state index contributed by atoms with van der Waals surface area (Å²) >= 11 is 7.54. The summed E-state index contributed by atoms with van der Waals surface area (Å²) in [6.07, 6.45) is 3.45. The molecule has 0 spiro atoms. The van der Waals surface area contributed by atoms with Gasteiger partial charge in [0.1, 0.15) is 5.69 Å². The molecule has 0 atom stereocenters. The number of aryl methyl sites for hydroxylation is 2. The van der Waals surface area contributed by atoms with Crippen LogP contribution in [0.15, 0.2) is 24.4 Å². The Kier molecular flexibility index (Phi) is 5.49. The highest BCUT2D eigenvalue weighted by molar-refractivity contribution is 7.14. The molecule has 3 rings (SSSR count). The maximum absolute atomic E-state index is 12.7. The van der Waals surface area contributed by atoms with Crippen LogP contribution in [0.3, 0.4) is 0 Å². The van der Waals surface area contributed by atoms with Crippen LogP contribution in [0.25, 0.3) is 0 Å². The van der Waals surface area contributed by atoms with Gasteiger partial charge in [0, 0.05) is 44.3 Å². The van der Waals surface area contributed by atoms with Gasteiger partial charge in [-0.2, -0.15) is 0 Å². The molecule has 134 valence electrons. The van der Waals surface area contributed by atoms with Gasteiger partial charge in [0.25, 0.3) is 11.8 Å². The van der Waals surface area contributed by atoms with Crippen LogP contribution in [-0.4, -0.2) is 52.4 Å². The average Bonchev–Trinajstić information content (AvgIpc) is 3.12. The fraction of sp³-hybridized carbons (Fsp3) is 0.444. The molecule has 0 unspecified atom stereocenters. The van der Waals surface area contributed by atoms with Crippen LogP contribution >= 0.6 is 22.9 Å². The highest BCUT2D eigenvalue weighted by Crippen LogP contribution is 2.20. The lowest BCUT2D eigenvalue weighted by molar-refractivity contribution is 0.0716. The summed E-state index contributed by atoms with van der Waals surface area (Å²) in [5.41, 5.74) is 0.579. The van der Waals surface area contributed by atoms with E-state index in [1.807, 2.05) is 29.0 Å². The minimum absolute atomic E-state index is 0.0342. The van der Waals surface area contributed by atoms with Gasteiger partial charge in [-0.25, -0.2) is 0 Å². The van der Waals surface area contributed by atoms with Crippen LogP contribution in [0, 0.1) is 0 Å². The Morgan fingerprint density at radius 3 is 2.36 bits per heavy atom. The molecule has 0 aromatic carbocycles. The van der Waals surface area contributed by atoms with Crippen molar-refractivity contribution in [3.8, 4) is 0 Å². The quantitative estimate of drug-likeness (QED) is 0.821. The van der Waals surface area contributed by atoms with Crippen molar-refractivity contribution in [2.24, 2.45) is 7.05 Å². The zero-order chi connectivity index (χ0) is 18.0. The third-order valence-electron chi connectivity index (χ3n) is 4.48. The smallest absolute Gasteiger partial charge is 0.270 e. The number of hydrogen-bond acceptors (Lipinski definition) is 3. The molecule has 2 aromatic rings. The maximum atomic E-state index is 12.7. The molecule has 0 bridgehead atoms. The standard InChI is InChI=1S/C18H22ClN3O2S/c1-3-14-5-6-16(25-14)18(24)22-8-4-7-21(9-10-22)17(23)15-11-13(19)12-20(15)2/h5-6,11-12H,3-4,7-10H2,1-2H3. The van der Waals surface area contributed by atoms with Crippen molar-refractivity contribution in [1.82, 2.24) is 14.4 Å². The molecule has 0 radical (unpaired) electrons. The summed E-state index contributed by atoms with van der Waals surface area (Å²) in [4.78, 5) is 31.1. The van der Waals surface area contributed by atoms with Crippen LogP contribution in [0.4, 0.5) is 0 Å². The predicted octanol–water partition coefficient (Wildman–Crippen LogP) is 3.29. The molecule has 1 fully saturated rings. The molecule has 2 aromatic heterocycles. The molecule has 1 saturated heterocycles. The van der Waals surface area contributed by atoms with Gasteiger partial charge < -0.3 is 14.4 Å². The molecule has 3 heterocycles. The number of aromatic nitrogens is 1. The summed E-state index contributed by atoms with van der Waals surface area (Å²) in [6, 6.07) is 5.62. The number of carbonyl (C=O) groups excluding carboxylic acids is 2. The van der Waals surface area contributed by atoms with Crippen molar-refractivity contribution in [3.05, 3.63) is 44.9 Å². The fourth-order valence-electron chi connectivity index (χ4n) is 3.06. The van der Waals surface area contributed by atoms with Gasteiger partial charge in [0.05, 0.1) is 9.90 Å². The van der Waals surface area contributed by atoms with Gasteiger partial charge >= 0.3 is 0 Å². The molecule has 25 heavy (non-hydrogen) atoms. The number of amides is 2. The van der Waals surface area contributed by atoms with E-state index < -0.39 is 0 Å². The largest absolute Gasteiger partial charge is 0.345 e. The van der Waals surface area contributed by atoms with Crippen molar-refractivity contribution in [2.45, 2.75) is 19.8 Å². The average molecular weight is 380 g/mol. The van der Waals surface area contributed by atoms with Crippen LogP contribution < -0.4 is 0 Å². The number of hydrogen-bond donors (Lipinski definition) is 0. The minimum Gasteiger partial charge on any atom is -0.345 e. The van der Waals surface area contributed by atoms with Crippen LogP contribution in [0.2, 0.25) is 5.02 Å². The van der Waals surface area contributed by atoms with E-state index in [9.17, 15) is 9.59 Å². The molecule has 0 aliphatic carbocycles. The number of thiophene rings is 1. The maximum Gasteiger partial charge on any atom is 0.270 e. The molecule has 0 N–H and O–H groups in total. The summed E-state index contributed by atoms with van der Waals surface area (Å²) in [7, 11) is 1.81. The zero-order valence-electron chi connectivity index (χ0n) is 14.5. The van der Waals surface area contributed by atoms with Crippen molar-refractivity contribution in [3.63, 3.8) is 0 Å². The number of carbonyl (C=O) groups is 2. The van der Waals surface area contributed by atoms with Crippen molar-refractivity contribution >= 4 is 34.8 Å². The highest BCUT2D eigenvalue weighted by atomic mass is 35.5. The second-order valence-corrected chi connectivity index (χ2v) is 7.82. The summed E-state index contributed by atoms with van der Waals surface area (Å²) in [5, 5.41) is 0.557. The van der Waals surface area contributed by atoms with E-state index in [-0.39, 0.29) is 11.8 Å². The monoisotopic (exact) mass is 379 g/mol. The van der Waals surface area contributed by atoms with E-state index in [0.717, 1.165) is 17.7 Å². The van der Waals surface area contributed by atoms with Crippen molar-refractivity contribution < 1.29 is 9.59 Å². The molecular weight excluding hydrogens is 358 g/mol. The topological polar surface area (TPSA) is 45.6 Å². The minimum atomic E-state index is -0.0342. The Morgan fingerprint density at radius 2 is 1.80 bits per heavy atom. The Balaban J connectivity index is 1.66. The molecule has 0 saturated carbocycles. The third kappa shape index (κ3) is 3.90. The molecule has 1 aliphatic heterocycles. The van der Waals surface area contributed by atoms with E-state index in [4.69, 9.17) is 11.6 Å². The van der Waals surface area contributed by atoms with Crippen LogP contribution in [0.1, 0.15) is 38.4 Å². The molecule has 2 amide bonds. The molecule has 1 aliphatic rings.